The SMILES string of the molecule is O=C(Cc1ccccc1)Nc1ccc(C(=O)Nc2cccc(Cl)c2)cc1. The Kier molecular flexibility index (Phi) is 5.66. The molecule has 0 aliphatic rings. The predicted molar refractivity (Wildman–Crippen MR) is 105 cm³/mol. The Morgan fingerprint density at radius 3 is 2.19 bits per heavy atom. The van der Waals surface area contributed by atoms with Gasteiger partial charge in [-0.1, -0.05) is 48.0 Å². The number of nitrogens with one attached hydrogen (secondary N) is 2. The van der Waals surface area contributed by atoms with Crippen LogP contribution in [-0.4, -0.2) is 11.8 Å². The zero-order valence-electron chi connectivity index (χ0n) is 13.9. The summed E-state index contributed by atoms with van der Waals surface area (Å²) < 4.78 is 0. The molecule has 0 spiro atoms. The molecule has 0 aliphatic carbocycles. The van der Waals surface area contributed by atoms with E-state index in [-0.39, 0.29) is 11.8 Å². The maximum absolute atomic E-state index is 12.3. The van der Waals surface area contributed by atoms with Gasteiger partial charge in [0.25, 0.3) is 5.91 Å². The third kappa shape index (κ3) is 4.94. The van der Waals surface area contributed by atoms with E-state index in [0.29, 0.717) is 28.4 Å². The summed E-state index contributed by atoms with van der Waals surface area (Å²) in [7, 11) is 0. The summed E-state index contributed by atoms with van der Waals surface area (Å²) in [5.74, 6) is -0.346. The van der Waals surface area contributed by atoms with Gasteiger partial charge in [-0.2, -0.15) is 0 Å². The minimum absolute atomic E-state index is 0.104. The molecule has 0 bridgehead atoms. The number of hydrogen-bond acceptors (Lipinski definition) is 2. The van der Waals surface area contributed by atoms with Crippen molar-refractivity contribution in [2.75, 3.05) is 10.6 Å². The fourth-order valence-corrected chi connectivity index (χ4v) is 2.65. The van der Waals surface area contributed by atoms with Crippen LogP contribution >= 0.6 is 11.6 Å². The van der Waals surface area contributed by atoms with Gasteiger partial charge in [0.15, 0.2) is 0 Å². The first-order chi connectivity index (χ1) is 12.6. The lowest BCUT2D eigenvalue weighted by atomic mass is 10.1. The van der Waals surface area contributed by atoms with E-state index in [1.165, 1.54) is 0 Å². The molecule has 4 nitrogen and oxygen atoms in total. The first-order valence-electron chi connectivity index (χ1n) is 8.11. The largest absolute Gasteiger partial charge is 0.326 e. The smallest absolute Gasteiger partial charge is 0.255 e. The van der Waals surface area contributed by atoms with Crippen LogP contribution in [0.15, 0.2) is 78.9 Å². The van der Waals surface area contributed by atoms with Crippen LogP contribution in [0.5, 0.6) is 0 Å². The summed E-state index contributed by atoms with van der Waals surface area (Å²) in [6.07, 6.45) is 0.303. The molecule has 26 heavy (non-hydrogen) atoms. The second-order valence-corrected chi connectivity index (χ2v) is 6.19. The van der Waals surface area contributed by atoms with E-state index in [1.54, 1.807) is 48.5 Å². The standard InChI is InChI=1S/C21H17ClN2O2/c22-17-7-4-8-19(14-17)24-21(26)16-9-11-18(12-10-16)23-20(25)13-15-5-2-1-3-6-15/h1-12,14H,13H2,(H,23,25)(H,24,26). The van der Waals surface area contributed by atoms with Crippen LogP contribution in [0.4, 0.5) is 11.4 Å². The molecule has 0 saturated heterocycles. The van der Waals surface area contributed by atoms with Crippen molar-refractivity contribution in [3.63, 3.8) is 0 Å². The van der Waals surface area contributed by atoms with Crippen LogP contribution in [0, 0.1) is 0 Å². The number of carbonyl (C=O) groups is 2. The van der Waals surface area contributed by atoms with E-state index >= 15 is 0 Å². The lowest BCUT2D eigenvalue weighted by Crippen LogP contribution is -2.15. The average Bonchev–Trinajstić information content (AvgIpc) is 2.63. The monoisotopic (exact) mass is 364 g/mol. The van der Waals surface area contributed by atoms with Gasteiger partial charge in [-0.3, -0.25) is 9.59 Å². The molecule has 3 aromatic rings. The summed E-state index contributed by atoms with van der Waals surface area (Å²) in [4.78, 5) is 24.3. The lowest BCUT2D eigenvalue weighted by molar-refractivity contribution is -0.115. The zero-order valence-corrected chi connectivity index (χ0v) is 14.7. The van der Waals surface area contributed by atoms with Crippen LogP contribution in [-0.2, 0) is 11.2 Å². The molecule has 5 heteroatoms. The van der Waals surface area contributed by atoms with Crippen LogP contribution in [0.3, 0.4) is 0 Å². The minimum Gasteiger partial charge on any atom is -0.326 e. The Morgan fingerprint density at radius 1 is 0.769 bits per heavy atom. The maximum Gasteiger partial charge on any atom is 0.255 e. The van der Waals surface area contributed by atoms with E-state index in [0.717, 1.165) is 5.56 Å². The molecular formula is C21H17ClN2O2. The van der Waals surface area contributed by atoms with Crippen molar-refractivity contribution in [3.8, 4) is 0 Å². The van der Waals surface area contributed by atoms with Crippen LogP contribution in [0.25, 0.3) is 0 Å². The van der Waals surface area contributed by atoms with E-state index in [1.807, 2.05) is 30.3 Å². The van der Waals surface area contributed by atoms with E-state index in [2.05, 4.69) is 10.6 Å². The topological polar surface area (TPSA) is 58.2 Å². The van der Waals surface area contributed by atoms with Gasteiger partial charge < -0.3 is 10.6 Å². The van der Waals surface area contributed by atoms with Crippen molar-refractivity contribution in [2.45, 2.75) is 6.42 Å². The van der Waals surface area contributed by atoms with Crippen LogP contribution < -0.4 is 10.6 Å². The molecule has 0 radical (unpaired) electrons. The third-order valence-electron chi connectivity index (χ3n) is 3.72. The van der Waals surface area contributed by atoms with Crippen molar-refractivity contribution >= 4 is 34.8 Å². The fourth-order valence-electron chi connectivity index (χ4n) is 2.46. The number of amides is 2. The van der Waals surface area contributed by atoms with Crippen molar-refractivity contribution in [1.82, 2.24) is 0 Å². The van der Waals surface area contributed by atoms with Gasteiger partial charge in [0.2, 0.25) is 5.91 Å². The highest BCUT2D eigenvalue weighted by Crippen LogP contribution is 2.17. The van der Waals surface area contributed by atoms with Gasteiger partial charge in [-0.05, 0) is 48.0 Å². The molecule has 2 N–H and O–H groups in total. The second kappa shape index (κ2) is 8.32. The Bertz CT molecular complexity index is 909. The highest BCUT2D eigenvalue weighted by molar-refractivity contribution is 6.31. The number of halogens is 1. The summed E-state index contributed by atoms with van der Waals surface area (Å²) in [5, 5.41) is 6.16. The molecule has 0 aliphatic heterocycles. The second-order valence-electron chi connectivity index (χ2n) is 5.75. The molecule has 0 fully saturated rings. The Labute approximate surface area is 156 Å². The molecule has 130 valence electrons. The predicted octanol–water partition coefficient (Wildman–Crippen LogP) is 4.77. The Hall–Kier alpha value is -3.11. The van der Waals surface area contributed by atoms with Gasteiger partial charge in [0.1, 0.15) is 0 Å². The van der Waals surface area contributed by atoms with E-state index in [4.69, 9.17) is 11.6 Å². The quantitative estimate of drug-likeness (QED) is 0.684. The van der Waals surface area contributed by atoms with Crippen molar-refractivity contribution in [1.29, 1.82) is 0 Å². The number of hydrogen-bond donors (Lipinski definition) is 2. The van der Waals surface area contributed by atoms with Gasteiger partial charge >= 0.3 is 0 Å². The normalized spacial score (nSPS) is 10.2. The summed E-state index contributed by atoms with van der Waals surface area (Å²) >= 11 is 5.91. The van der Waals surface area contributed by atoms with Gasteiger partial charge in [0, 0.05) is 22.0 Å². The first-order valence-corrected chi connectivity index (χ1v) is 8.49. The van der Waals surface area contributed by atoms with Crippen LogP contribution in [0.1, 0.15) is 15.9 Å². The molecule has 0 unspecified atom stereocenters. The highest BCUT2D eigenvalue weighted by atomic mass is 35.5. The number of anilines is 2. The van der Waals surface area contributed by atoms with Crippen LogP contribution in [0.2, 0.25) is 5.02 Å². The number of benzene rings is 3. The van der Waals surface area contributed by atoms with Gasteiger partial charge in [0.05, 0.1) is 6.42 Å². The fraction of sp³-hybridized carbons (Fsp3) is 0.0476. The molecule has 0 saturated carbocycles. The maximum atomic E-state index is 12.3. The molecule has 0 heterocycles. The third-order valence-corrected chi connectivity index (χ3v) is 3.96. The Balaban J connectivity index is 1.59. The number of rotatable bonds is 5. The number of carbonyl (C=O) groups excluding carboxylic acids is 2. The molecule has 3 rings (SSSR count). The molecule has 2 amide bonds. The summed E-state index contributed by atoms with van der Waals surface area (Å²) in [6.45, 7) is 0. The van der Waals surface area contributed by atoms with Crippen molar-refractivity contribution in [2.24, 2.45) is 0 Å². The van der Waals surface area contributed by atoms with Crippen molar-refractivity contribution < 1.29 is 9.59 Å². The van der Waals surface area contributed by atoms with E-state index in [9.17, 15) is 9.59 Å². The molecule has 0 aromatic heterocycles. The Morgan fingerprint density at radius 2 is 1.50 bits per heavy atom. The zero-order chi connectivity index (χ0) is 18.4. The van der Waals surface area contributed by atoms with E-state index < -0.39 is 0 Å². The van der Waals surface area contributed by atoms with Gasteiger partial charge in [-0.15, -0.1) is 0 Å². The average molecular weight is 365 g/mol. The lowest BCUT2D eigenvalue weighted by Gasteiger charge is -2.08. The molecule has 0 atom stereocenters. The van der Waals surface area contributed by atoms with Crippen molar-refractivity contribution in [3.05, 3.63) is 95.0 Å². The highest BCUT2D eigenvalue weighted by Gasteiger charge is 2.08. The van der Waals surface area contributed by atoms with Gasteiger partial charge in [-0.25, -0.2) is 0 Å². The summed E-state index contributed by atoms with van der Waals surface area (Å²) in [5.41, 5.74) is 2.71. The molecular weight excluding hydrogens is 348 g/mol. The minimum atomic E-state index is -0.241. The molecule has 3 aromatic carbocycles. The first kappa shape index (κ1) is 17.7. The summed E-state index contributed by atoms with van der Waals surface area (Å²) in [6, 6.07) is 23.2.